The van der Waals surface area contributed by atoms with Crippen LogP contribution < -0.4 is 26.0 Å². The first-order valence-electron chi connectivity index (χ1n) is 18.4. The van der Waals surface area contributed by atoms with E-state index in [1.54, 1.807) is 36.5 Å². The number of nitrogens with one attached hydrogen (secondary N) is 4. The van der Waals surface area contributed by atoms with E-state index in [0.717, 1.165) is 44.1 Å². The van der Waals surface area contributed by atoms with Gasteiger partial charge in [0.2, 0.25) is 11.8 Å². The second-order valence-corrected chi connectivity index (χ2v) is 15.3. The molecule has 1 heterocycles. The van der Waals surface area contributed by atoms with Crippen LogP contribution in [0.1, 0.15) is 87.8 Å². The average Bonchev–Trinajstić information content (AvgIpc) is 3.14. The lowest BCUT2D eigenvalue weighted by molar-refractivity contribution is -0.130. The summed E-state index contributed by atoms with van der Waals surface area (Å²) in [4.78, 5) is 58.0. The van der Waals surface area contributed by atoms with Crippen LogP contribution in [-0.2, 0) is 27.2 Å². The van der Waals surface area contributed by atoms with Gasteiger partial charge in [-0.25, -0.2) is 4.79 Å². The fraction of sp³-hybridized carbons (Fsp3) is 0.488. The van der Waals surface area contributed by atoms with Gasteiger partial charge in [-0.2, -0.15) is 0 Å². The maximum absolute atomic E-state index is 14.1. The molecule has 0 radical (unpaired) electrons. The molecule has 0 unspecified atom stereocenters. The summed E-state index contributed by atoms with van der Waals surface area (Å²) in [6.07, 6.45) is 7.37. The summed E-state index contributed by atoms with van der Waals surface area (Å²) in [6.45, 7) is 9.09. The number of amides is 4. The Hall–Kier alpha value is -4.93. The number of pyridine rings is 1. The number of alkyl carbamates (subject to hydrolysis) is 1. The van der Waals surface area contributed by atoms with Crippen molar-refractivity contribution in [3.63, 3.8) is 0 Å². The fourth-order valence-corrected chi connectivity index (χ4v) is 7.22. The SMILES string of the molecule is CCOc1ccc(C[C@@H](NC(=O)c2ccccc2)C(=O)N[C@@H](Cc2ccccn2)C(=O)NCC23CCC(CNC(=O)OC(C)(C)C)(CC2)CC3)cc1. The van der Waals surface area contributed by atoms with Gasteiger partial charge < -0.3 is 30.7 Å². The molecule has 2 bridgehead atoms. The summed E-state index contributed by atoms with van der Waals surface area (Å²) in [5.74, 6) is -0.434. The third-order valence-electron chi connectivity index (χ3n) is 10.3. The third-order valence-corrected chi connectivity index (χ3v) is 10.3. The lowest BCUT2D eigenvalue weighted by Crippen LogP contribution is -2.57. The van der Waals surface area contributed by atoms with E-state index in [1.807, 2.05) is 70.2 Å². The summed E-state index contributed by atoms with van der Waals surface area (Å²) >= 11 is 0. The number of rotatable bonds is 15. The minimum absolute atomic E-state index is 0.0390. The molecule has 52 heavy (non-hydrogen) atoms. The van der Waals surface area contributed by atoms with Crippen LogP contribution >= 0.6 is 0 Å². The fourth-order valence-electron chi connectivity index (χ4n) is 7.22. The molecule has 11 nitrogen and oxygen atoms in total. The Balaban J connectivity index is 1.25. The van der Waals surface area contributed by atoms with Crippen molar-refractivity contribution in [2.24, 2.45) is 10.8 Å². The molecule has 1 aromatic heterocycles. The number of aromatic nitrogens is 1. The molecule has 3 aliphatic rings. The van der Waals surface area contributed by atoms with E-state index in [0.29, 0.717) is 36.7 Å². The van der Waals surface area contributed by atoms with Gasteiger partial charge in [0.1, 0.15) is 23.4 Å². The summed E-state index contributed by atoms with van der Waals surface area (Å²) in [7, 11) is 0. The molecule has 0 saturated heterocycles. The lowest BCUT2D eigenvalue weighted by Gasteiger charge is -2.53. The van der Waals surface area contributed by atoms with E-state index in [2.05, 4.69) is 26.3 Å². The van der Waals surface area contributed by atoms with Crippen LogP contribution in [0.25, 0.3) is 0 Å². The highest BCUT2D eigenvalue weighted by Gasteiger charge is 2.49. The largest absolute Gasteiger partial charge is 0.494 e. The summed E-state index contributed by atoms with van der Waals surface area (Å²) < 4.78 is 11.0. The molecule has 11 heteroatoms. The molecular formula is C41H53N5O6. The van der Waals surface area contributed by atoms with Crippen molar-refractivity contribution < 1.29 is 28.7 Å². The highest BCUT2D eigenvalue weighted by Crippen LogP contribution is 2.56. The Labute approximate surface area is 307 Å². The van der Waals surface area contributed by atoms with Crippen molar-refractivity contribution >= 4 is 23.8 Å². The van der Waals surface area contributed by atoms with Gasteiger partial charge >= 0.3 is 6.09 Å². The van der Waals surface area contributed by atoms with Gasteiger partial charge in [0.25, 0.3) is 5.91 Å². The zero-order valence-corrected chi connectivity index (χ0v) is 30.8. The van der Waals surface area contributed by atoms with Gasteiger partial charge in [0.05, 0.1) is 6.61 Å². The predicted molar refractivity (Wildman–Crippen MR) is 199 cm³/mol. The van der Waals surface area contributed by atoms with Gasteiger partial charge in [-0.3, -0.25) is 19.4 Å². The van der Waals surface area contributed by atoms with Crippen molar-refractivity contribution in [3.8, 4) is 5.75 Å². The average molecular weight is 712 g/mol. The van der Waals surface area contributed by atoms with Crippen LogP contribution in [0.5, 0.6) is 5.75 Å². The van der Waals surface area contributed by atoms with Gasteiger partial charge in [-0.15, -0.1) is 0 Å². The monoisotopic (exact) mass is 711 g/mol. The van der Waals surface area contributed by atoms with Gasteiger partial charge in [-0.05, 0) is 119 Å². The first-order valence-corrected chi connectivity index (χ1v) is 18.4. The van der Waals surface area contributed by atoms with Crippen molar-refractivity contribution in [3.05, 3.63) is 95.8 Å². The standard InChI is InChI=1S/C41H53N5O6/c1-5-51-32-16-14-29(15-17-32)25-33(45-35(47)30-11-7-6-8-12-30)37(49)46-34(26-31-13-9-10-24-42-31)36(48)43-27-40-18-21-41(22-19-40,23-20-40)28-44-38(50)52-39(2,3)4/h6-17,24,33-34H,5,18-23,25-28H2,1-4H3,(H,43,48)(H,44,50)(H,45,47)(H,46,49)/t33-,34+,40?,41?/m1/s1. The minimum atomic E-state index is -0.956. The number of carbonyl (C=O) groups is 4. The van der Waals surface area contributed by atoms with Crippen LogP contribution in [0.4, 0.5) is 4.79 Å². The third kappa shape index (κ3) is 10.8. The molecule has 3 aromatic rings. The van der Waals surface area contributed by atoms with Crippen LogP contribution in [0.3, 0.4) is 0 Å². The van der Waals surface area contributed by atoms with Crippen molar-refractivity contribution in [1.29, 1.82) is 0 Å². The smallest absolute Gasteiger partial charge is 0.407 e. The van der Waals surface area contributed by atoms with Gasteiger partial charge in [0.15, 0.2) is 0 Å². The second-order valence-electron chi connectivity index (χ2n) is 15.3. The van der Waals surface area contributed by atoms with Gasteiger partial charge in [0, 0.05) is 43.4 Å². The number of hydrogen-bond acceptors (Lipinski definition) is 7. The predicted octanol–water partition coefficient (Wildman–Crippen LogP) is 5.53. The molecule has 0 spiro atoms. The van der Waals surface area contributed by atoms with E-state index >= 15 is 0 Å². The Morgan fingerprint density at radius 2 is 1.33 bits per heavy atom. The molecule has 6 rings (SSSR count). The Kier molecular flexibility index (Phi) is 12.6. The molecule has 4 N–H and O–H groups in total. The van der Waals surface area contributed by atoms with E-state index < -0.39 is 23.6 Å². The lowest BCUT2D eigenvalue weighted by atomic mass is 9.53. The quantitative estimate of drug-likeness (QED) is 0.162. The Morgan fingerprint density at radius 3 is 1.90 bits per heavy atom. The van der Waals surface area contributed by atoms with E-state index in [9.17, 15) is 19.2 Å². The summed E-state index contributed by atoms with van der Waals surface area (Å²) in [5.41, 5.74) is 1.38. The summed E-state index contributed by atoms with van der Waals surface area (Å²) in [6, 6.07) is 19.7. The van der Waals surface area contributed by atoms with Crippen molar-refractivity contribution in [2.75, 3.05) is 19.7 Å². The van der Waals surface area contributed by atoms with E-state index in [1.165, 1.54) is 0 Å². The number of hydrogen-bond donors (Lipinski definition) is 4. The van der Waals surface area contributed by atoms with E-state index in [4.69, 9.17) is 9.47 Å². The number of nitrogens with zero attached hydrogens (tertiary/aromatic N) is 1. The number of carbonyl (C=O) groups excluding carboxylic acids is 4. The van der Waals surface area contributed by atoms with Crippen LogP contribution in [-0.4, -0.2) is 66.2 Å². The van der Waals surface area contributed by atoms with E-state index in [-0.39, 0.29) is 41.6 Å². The molecule has 2 aromatic carbocycles. The molecule has 278 valence electrons. The number of fused-ring (bicyclic) bond motifs is 3. The zero-order valence-electron chi connectivity index (χ0n) is 30.8. The first kappa shape index (κ1) is 38.3. The highest BCUT2D eigenvalue weighted by atomic mass is 16.6. The van der Waals surface area contributed by atoms with Crippen LogP contribution in [0, 0.1) is 10.8 Å². The Morgan fingerprint density at radius 1 is 0.731 bits per heavy atom. The molecule has 4 amide bonds. The maximum atomic E-state index is 14.1. The molecule has 3 saturated carbocycles. The summed E-state index contributed by atoms with van der Waals surface area (Å²) in [5, 5.41) is 12.0. The van der Waals surface area contributed by atoms with Crippen LogP contribution in [0.15, 0.2) is 79.0 Å². The molecule has 3 aliphatic carbocycles. The number of benzene rings is 2. The second kappa shape index (κ2) is 17.1. The first-order chi connectivity index (χ1) is 24.9. The highest BCUT2D eigenvalue weighted by molar-refractivity contribution is 5.98. The van der Waals surface area contributed by atoms with Gasteiger partial charge in [-0.1, -0.05) is 36.4 Å². The minimum Gasteiger partial charge on any atom is -0.494 e. The topological polar surface area (TPSA) is 148 Å². The van der Waals surface area contributed by atoms with Crippen molar-refractivity contribution in [1.82, 2.24) is 26.3 Å². The molecule has 3 fully saturated rings. The van der Waals surface area contributed by atoms with Crippen molar-refractivity contribution in [2.45, 2.75) is 96.7 Å². The molecular weight excluding hydrogens is 658 g/mol. The zero-order chi connectivity index (χ0) is 37.2. The Bertz CT molecular complexity index is 1630. The maximum Gasteiger partial charge on any atom is 0.407 e. The normalized spacial score (nSPS) is 20.5. The van der Waals surface area contributed by atoms with Crippen LogP contribution in [0.2, 0.25) is 0 Å². The number of ether oxygens (including phenoxy) is 2. The molecule has 2 atom stereocenters. The molecule has 0 aliphatic heterocycles.